The van der Waals surface area contributed by atoms with E-state index in [9.17, 15) is 0 Å². The third-order valence-electron chi connectivity index (χ3n) is 2.93. The van der Waals surface area contributed by atoms with E-state index >= 15 is 0 Å². The van der Waals surface area contributed by atoms with Crippen molar-refractivity contribution in [1.82, 2.24) is 0 Å². The molecule has 0 aliphatic carbocycles. The lowest BCUT2D eigenvalue weighted by molar-refractivity contribution is 0.169. The molecule has 21 heavy (non-hydrogen) atoms. The van der Waals surface area contributed by atoms with Crippen LogP contribution in [-0.4, -0.2) is 26.4 Å². The SMILES string of the molecule is Brc1cccc(OCCOc2ccc3c(c2)OCCO3)c1. The number of hydrogen-bond donors (Lipinski definition) is 0. The predicted octanol–water partition coefficient (Wildman–Crippen LogP) is 3.68. The number of benzene rings is 2. The van der Waals surface area contributed by atoms with Gasteiger partial charge in [0.15, 0.2) is 11.5 Å². The van der Waals surface area contributed by atoms with Crippen LogP contribution >= 0.6 is 15.9 Å². The largest absolute Gasteiger partial charge is 0.490 e. The monoisotopic (exact) mass is 350 g/mol. The standard InChI is InChI=1S/C16H15BrO4/c17-12-2-1-3-13(10-12)18-6-7-19-14-4-5-15-16(11-14)21-9-8-20-15/h1-5,10-11H,6-9H2. The zero-order valence-electron chi connectivity index (χ0n) is 11.4. The van der Waals surface area contributed by atoms with Gasteiger partial charge in [-0.05, 0) is 30.3 Å². The van der Waals surface area contributed by atoms with E-state index in [0.29, 0.717) is 26.4 Å². The summed E-state index contributed by atoms with van der Waals surface area (Å²) in [5.74, 6) is 3.05. The number of fused-ring (bicyclic) bond motifs is 1. The normalized spacial score (nSPS) is 12.8. The Labute approximate surface area is 131 Å². The molecule has 0 aromatic heterocycles. The van der Waals surface area contributed by atoms with Crippen molar-refractivity contribution in [1.29, 1.82) is 0 Å². The summed E-state index contributed by atoms with van der Waals surface area (Å²) < 4.78 is 23.2. The van der Waals surface area contributed by atoms with Gasteiger partial charge in [-0.3, -0.25) is 0 Å². The van der Waals surface area contributed by atoms with Crippen LogP contribution in [0.15, 0.2) is 46.9 Å². The van der Waals surface area contributed by atoms with Crippen LogP contribution in [0.3, 0.4) is 0 Å². The summed E-state index contributed by atoms with van der Waals surface area (Å²) in [7, 11) is 0. The Hall–Kier alpha value is -1.88. The Morgan fingerprint density at radius 3 is 2.33 bits per heavy atom. The molecule has 0 N–H and O–H groups in total. The van der Waals surface area contributed by atoms with Crippen LogP contribution in [0.4, 0.5) is 0 Å². The fourth-order valence-corrected chi connectivity index (χ4v) is 2.37. The minimum absolute atomic E-state index is 0.464. The second-order valence-electron chi connectivity index (χ2n) is 4.46. The second-order valence-corrected chi connectivity index (χ2v) is 5.38. The molecule has 0 radical (unpaired) electrons. The lowest BCUT2D eigenvalue weighted by atomic mass is 10.3. The molecule has 1 aliphatic heterocycles. The van der Waals surface area contributed by atoms with Gasteiger partial charge in [-0.1, -0.05) is 22.0 Å². The van der Waals surface area contributed by atoms with Crippen molar-refractivity contribution < 1.29 is 18.9 Å². The molecule has 0 unspecified atom stereocenters. The molecule has 2 aromatic carbocycles. The molecule has 0 fully saturated rings. The van der Waals surface area contributed by atoms with E-state index in [-0.39, 0.29) is 0 Å². The highest BCUT2D eigenvalue weighted by Gasteiger charge is 2.12. The minimum Gasteiger partial charge on any atom is -0.490 e. The zero-order chi connectivity index (χ0) is 14.5. The highest BCUT2D eigenvalue weighted by Crippen LogP contribution is 2.33. The minimum atomic E-state index is 0.464. The zero-order valence-corrected chi connectivity index (χ0v) is 13.0. The summed E-state index contributed by atoms with van der Waals surface area (Å²) in [6, 6.07) is 13.3. The van der Waals surface area contributed by atoms with Crippen LogP contribution in [0.5, 0.6) is 23.0 Å². The third kappa shape index (κ3) is 3.82. The van der Waals surface area contributed by atoms with Gasteiger partial charge in [0, 0.05) is 10.5 Å². The van der Waals surface area contributed by atoms with E-state index < -0.39 is 0 Å². The van der Waals surface area contributed by atoms with E-state index in [4.69, 9.17) is 18.9 Å². The molecule has 4 nitrogen and oxygen atoms in total. The molecule has 3 rings (SSSR count). The van der Waals surface area contributed by atoms with Gasteiger partial charge in [-0.2, -0.15) is 0 Å². The fraction of sp³-hybridized carbons (Fsp3) is 0.250. The van der Waals surface area contributed by atoms with Crippen molar-refractivity contribution >= 4 is 15.9 Å². The van der Waals surface area contributed by atoms with Gasteiger partial charge in [0.2, 0.25) is 0 Å². The maximum absolute atomic E-state index is 5.65. The van der Waals surface area contributed by atoms with E-state index in [1.165, 1.54) is 0 Å². The second kappa shape index (κ2) is 6.72. The predicted molar refractivity (Wildman–Crippen MR) is 82.6 cm³/mol. The topological polar surface area (TPSA) is 36.9 Å². The van der Waals surface area contributed by atoms with Crippen LogP contribution in [0.25, 0.3) is 0 Å². The van der Waals surface area contributed by atoms with Crippen molar-refractivity contribution in [3.8, 4) is 23.0 Å². The summed E-state index contributed by atoms with van der Waals surface area (Å²) in [6.07, 6.45) is 0. The van der Waals surface area contributed by atoms with Crippen molar-refractivity contribution in [3.63, 3.8) is 0 Å². The van der Waals surface area contributed by atoms with Crippen LogP contribution in [-0.2, 0) is 0 Å². The van der Waals surface area contributed by atoms with Crippen LogP contribution in [0, 0.1) is 0 Å². The van der Waals surface area contributed by atoms with Crippen molar-refractivity contribution in [2.75, 3.05) is 26.4 Å². The number of ether oxygens (including phenoxy) is 4. The lowest BCUT2D eigenvalue weighted by Gasteiger charge is -2.19. The maximum atomic E-state index is 5.65. The Balaban J connectivity index is 1.49. The van der Waals surface area contributed by atoms with Gasteiger partial charge in [-0.15, -0.1) is 0 Å². The van der Waals surface area contributed by atoms with E-state index in [1.54, 1.807) is 0 Å². The summed E-state index contributed by atoms with van der Waals surface area (Å²) in [6.45, 7) is 2.10. The molecule has 1 aliphatic rings. The van der Waals surface area contributed by atoms with Gasteiger partial charge in [0.25, 0.3) is 0 Å². The Morgan fingerprint density at radius 1 is 0.857 bits per heavy atom. The number of hydrogen-bond acceptors (Lipinski definition) is 4. The first-order valence-electron chi connectivity index (χ1n) is 6.72. The molecular formula is C16H15BrO4. The molecule has 1 heterocycles. The van der Waals surface area contributed by atoms with E-state index in [1.807, 2.05) is 42.5 Å². The molecule has 0 atom stereocenters. The molecule has 0 saturated heterocycles. The van der Waals surface area contributed by atoms with Crippen LogP contribution in [0.1, 0.15) is 0 Å². The summed E-state index contributed by atoms with van der Waals surface area (Å²) in [5.41, 5.74) is 0. The molecule has 110 valence electrons. The Kier molecular flexibility index (Phi) is 4.50. The first kappa shape index (κ1) is 14.1. The van der Waals surface area contributed by atoms with Gasteiger partial charge in [-0.25, -0.2) is 0 Å². The van der Waals surface area contributed by atoms with E-state index in [2.05, 4.69) is 15.9 Å². The van der Waals surface area contributed by atoms with Crippen molar-refractivity contribution in [2.45, 2.75) is 0 Å². The molecular weight excluding hydrogens is 336 g/mol. The average Bonchev–Trinajstić information content (AvgIpc) is 2.51. The molecule has 0 spiro atoms. The number of rotatable bonds is 5. The summed E-state index contributed by atoms with van der Waals surface area (Å²) in [5, 5.41) is 0. The van der Waals surface area contributed by atoms with Crippen LogP contribution in [0.2, 0.25) is 0 Å². The quantitative estimate of drug-likeness (QED) is 0.771. The van der Waals surface area contributed by atoms with E-state index in [0.717, 1.165) is 27.5 Å². The van der Waals surface area contributed by atoms with Gasteiger partial charge < -0.3 is 18.9 Å². The first-order valence-corrected chi connectivity index (χ1v) is 7.51. The number of halogens is 1. The first-order chi connectivity index (χ1) is 10.3. The smallest absolute Gasteiger partial charge is 0.165 e. The third-order valence-corrected chi connectivity index (χ3v) is 3.42. The average molecular weight is 351 g/mol. The molecule has 2 aromatic rings. The van der Waals surface area contributed by atoms with Crippen molar-refractivity contribution in [3.05, 3.63) is 46.9 Å². The lowest BCUT2D eigenvalue weighted by Crippen LogP contribution is -2.15. The van der Waals surface area contributed by atoms with Gasteiger partial charge >= 0.3 is 0 Å². The van der Waals surface area contributed by atoms with Crippen molar-refractivity contribution in [2.24, 2.45) is 0 Å². The Morgan fingerprint density at radius 2 is 1.57 bits per heavy atom. The molecule has 0 amide bonds. The van der Waals surface area contributed by atoms with Crippen LogP contribution < -0.4 is 18.9 Å². The highest BCUT2D eigenvalue weighted by atomic mass is 79.9. The summed E-state index contributed by atoms with van der Waals surface area (Å²) >= 11 is 3.41. The van der Waals surface area contributed by atoms with Gasteiger partial charge in [0.05, 0.1) is 0 Å². The molecule has 0 bridgehead atoms. The molecule has 5 heteroatoms. The summed E-state index contributed by atoms with van der Waals surface area (Å²) in [4.78, 5) is 0. The Bertz CT molecular complexity index is 615. The molecule has 0 saturated carbocycles. The highest BCUT2D eigenvalue weighted by molar-refractivity contribution is 9.10. The van der Waals surface area contributed by atoms with Gasteiger partial charge in [0.1, 0.15) is 37.9 Å². The maximum Gasteiger partial charge on any atom is 0.165 e. The fourth-order valence-electron chi connectivity index (χ4n) is 1.99.